The molecular formula is C14H25N5O2S. The van der Waals surface area contributed by atoms with Gasteiger partial charge < -0.3 is 10.1 Å². The Morgan fingerprint density at radius 2 is 2.36 bits per heavy atom. The van der Waals surface area contributed by atoms with Crippen LogP contribution in [0.1, 0.15) is 47.0 Å². The molecule has 8 heteroatoms. The molecule has 1 aliphatic rings. The van der Waals surface area contributed by atoms with E-state index in [1.807, 2.05) is 20.8 Å². The maximum Gasteiger partial charge on any atom is 0.233 e. The first-order valence-electron chi connectivity index (χ1n) is 7.77. The zero-order valence-corrected chi connectivity index (χ0v) is 14.5. The minimum absolute atomic E-state index is 0.00326. The third-order valence-electron chi connectivity index (χ3n) is 3.90. The van der Waals surface area contributed by atoms with Gasteiger partial charge >= 0.3 is 0 Å². The van der Waals surface area contributed by atoms with E-state index in [0.29, 0.717) is 11.7 Å². The molecule has 0 bridgehead atoms. The van der Waals surface area contributed by atoms with Gasteiger partial charge in [-0.3, -0.25) is 4.79 Å². The van der Waals surface area contributed by atoms with E-state index in [4.69, 9.17) is 4.74 Å². The molecule has 2 unspecified atom stereocenters. The number of nitrogens with zero attached hydrogens (tertiary/aromatic N) is 4. The molecule has 0 aliphatic carbocycles. The quantitative estimate of drug-likeness (QED) is 0.767. The lowest BCUT2D eigenvalue weighted by atomic mass is 10.0. The standard InChI is InChI=1S/C14H25N5O2S/c1-5-14(3,4)15-12(20)10(2)22-13-16-17-18-19(13)9-11-7-6-8-21-11/h10-11H,5-9H2,1-4H3,(H,15,20). The smallest absolute Gasteiger partial charge is 0.233 e. The first-order chi connectivity index (χ1) is 10.4. The Bertz CT molecular complexity index is 499. The molecule has 1 N–H and O–H groups in total. The second-order valence-corrected chi connectivity index (χ2v) is 7.57. The molecule has 1 saturated heterocycles. The van der Waals surface area contributed by atoms with Crippen LogP contribution in [-0.2, 0) is 16.1 Å². The average Bonchev–Trinajstić information content (AvgIpc) is 3.11. The van der Waals surface area contributed by atoms with Crippen molar-refractivity contribution >= 4 is 17.7 Å². The van der Waals surface area contributed by atoms with Crippen molar-refractivity contribution < 1.29 is 9.53 Å². The monoisotopic (exact) mass is 327 g/mol. The number of rotatable bonds is 7. The van der Waals surface area contributed by atoms with Gasteiger partial charge in [-0.1, -0.05) is 18.7 Å². The summed E-state index contributed by atoms with van der Waals surface area (Å²) in [5.41, 5.74) is -0.199. The number of hydrogen-bond donors (Lipinski definition) is 1. The summed E-state index contributed by atoms with van der Waals surface area (Å²) in [6.07, 6.45) is 3.17. The molecule has 1 aromatic heterocycles. The van der Waals surface area contributed by atoms with Crippen LogP contribution >= 0.6 is 11.8 Å². The third-order valence-corrected chi connectivity index (χ3v) is 4.97. The summed E-state index contributed by atoms with van der Waals surface area (Å²) >= 11 is 1.38. The number of aromatic nitrogens is 4. The van der Waals surface area contributed by atoms with E-state index in [1.165, 1.54) is 11.8 Å². The molecular weight excluding hydrogens is 302 g/mol. The molecule has 22 heavy (non-hydrogen) atoms. The average molecular weight is 327 g/mol. The van der Waals surface area contributed by atoms with Gasteiger partial charge in [0.2, 0.25) is 11.1 Å². The largest absolute Gasteiger partial charge is 0.376 e. The van der Waals surface area contributed by atoms with Gasteiger partial charge in [-0.05, 0) is 50.5 Å². The first-order valence-corrected chi connectivity index (χ1v) is 8.65. The van der Waals surface area contributed by atoms with Gasteiger partial charge in [-0.25, -0.2) is 4.68 Å². The molecule has 0 saturated carbocycles. The van der Waals surface area contributed by atoms with Gasteiger partial charge in [0.15, 0.2) is 0 Å². The van der Waals surface area contributed by atoms with Crippen LogP contribution in [0.25, 0.3) is 0 Å². The van der Waals surface area contributed by atoms with E-state index in [-0.39, 0.29) is 22.8 Å². The second kappa shape index (κ2) is 7.41. The first kappa shape index (κ1) is 17.2. The van der Waals surface area contributed by atoms with Crippen molar-refractivity contribution in [3.05, 3.63) is 0 Å². The molecule has 124 valence electrons. The summed E-state index contributed by atoms with van der Waals surface area (Å²) in [5.74, 6) is 0.00326. The Balaban J connectivity index is 1.92. The van der Waals surface area contributed by atoms with E-state index in [9.17, 15) is 4.79 Å². The van der Waals surface area contributed by atoms with Crippen LogP contribution in [0.15, 0.2) is 5.16 Å². The number of carbonyl (C=O) groups is 1. The van der Waals surface area contributed by atoms with E-state index in [0.717, 1.165) is 25.9 Å². The van der Waals surface area contributed by atoms with Crippen molar-refractivity contribution in [3.8, 4) is 0 Å². The van der Waals surface area contributed by atoms with Crippen LogP contribution < -0.4 is 5.32 Å². The SMILES string of the molecule is CCC(C)(C)NC(=O)C(C)Sc1nnnn1CC1CCCO1. The summed E-state index contributed by atoms with van der Waals surface area (Å²) in [5, 5.41) is 15.2. The van der Waals surface area contributed by atoms with Crippen LogP contribution in [0.4, 0.5) is 0 Å². The number of ether oxygens (including phenoxy) is 1. The topological polar surface area (TPSA) is 81.9 Å². The predicted octanol–water partition coefficient (Wildman–Crippen LogP) is 1.64. The Kier molecular flexibility index (Phi) is 5.80. The lowest BCUT2D eigenvalue weighted by Crippen LogP contribution is -2.46. The number of carbonyl (C=O) groups excluding carboxylic acids is 1. The van der Waals surface area contributed by atoms with Crippen LogP contribution in [0.5, 0.6) is 0 Å². The highest BCUT2D eigenvalue weighted by Crippen LogP contribution is 2.23. The summed E-state index contributed by atoms with van der Waals surface area (Å²) in [4.78, 5) is 12.3. The van der Waals surface area contributed by atoms with Crippen LogP contribution in [0.3, 0.4) is 0 Å². The molecule has 2 atom stereocenters. The lowest BCUT2D eigenvalue weighted by molar-refractivity contribution is -0.121. The molecule has 7 nitrogen and oxygen atoms in total. The Morgan fingerprint density at radius 3 is 3.00 bits per heavy atom. The molecule has 1 fully saturated rings. The second-order valence-electron chi connectivity index (χ2n) is 6.27. The fourth-order valence-corrected chi connectivity index (χ4v) is 2.91. The molecule has 2 heterocycles. The molecule has 0 aromatic carbocycles. The Labute approximate surface area is 135 Å². The van der Waals surface area contributed by atoms with Crippen molar-refractivity contribution in [3.63, 3.8) is 0 Å². The predicted molar refractivity (Wildman–Crippen MR) is 84.6 cm³/mol. The van der Waals surface area contributed by atoms with Crippen molar-refractivity contribution in [2.24, 2.45) is 0 Å². The van der Waals surface area contributed by atoms with Crippen molar-refractivity contribution in [2.45, 2.75) is 75.6 Å². The number of amides is 1. The van der Waals surface area contributed by atoms with E-state index in [1.54, 1.807) is 4.68 Å². The van der Waals surface area contributed by atoms with Crippen LogP contribution in [-0.4, -0.2) is 49.6 Å². The van der Waals surface area contributed by atoms with Crippen molar-refractivity contribution in [1.82, 2.24) is 25.5 Å². The fourth-order valence-electron chi connectivity index (χ4n) is 2.11. The van der Waals surface area contributed by atoms with E-state index in [2.05, 4.69) is 27.8 Å². The van der Waals surface area contributed by atoms with Gasteiger partial charge in [-0.2, -0.15) is 0 Å². The zero-order valence-electron chi connectivity index (χ0n) is 13.7. The fraction of sp³-hybridized carbons (Fsp3) is 0.857. The summed E-state index contributed by atoms with van der Waals surface area (Å²) in [6, 6.07) is 0. The number of nitrogens with one attached hydrogen (secondary N) is 1. The van der Waals surface area contributed by atoms with Gasteiger partial charge in [0, 0.05) is 12.1 Å². The summed E-state index contributed by atoms with van der Waals surface area (Å²) < 4.78 is 7.34. The minimum Gasteiger partial charge on any atom is -0.376 e. The molecule has 2 rings (SSSR count). The maximum atomic E-state index is 12.3. The van der Waals surface area contributed by atoms with Gasteiger partial charge in [0.05, 0.1) is 17.9 Å². The molecule has 1 amide bonds. The van der Waals surface area contributed by atoms with Crippen molar-refractivity contribution in [2.75, 3.05) is 6.61 Å². The summed E-state index contributed by atoms with van der Waals surface area (Å²) in [6.45, 7) is 9.41. The zero-order chi connectivity index (χ0) is 16.2. The van der Waals surface area contributed by atoms with Crippen LogP contribution in [0.2, 0.25) is 0 Å². The highest BCUT2D eigenvalue weighted by atomic mass is 32.2. The molecule has 1 aliphatic heterocycles. The summed E-state index contributed by atoms with van der Waals surface area (Å²) in [7, 11) is 0. The molecule has 1 aromatic rings. The molecule has 0 radical (unpaired) electrons. The van der Waals surface area contributed by atoms with Gasteiger partial charge in [-0.15, -0.1) is 5.10 Å². The van der Waals surface area contributed by atoms with Gasteiger partial charge in [0.25, 0.3) is 0 Å². The number of thioether (sulfide) groups is 1. The Morgan fingerprint density at radius 1 is 1.59 bits per heavy atom. The number of tetrazole rings is 1. The van der Waals surface area contributed by atoms with Gasteiger partial charge in [0.1, 0.15) is 0 Å². The van der Waals surface area contributed by atoms with Crippen molar-refractivity contribution in [1.29, 1.82) is 0 Å². The normalized spacial score (nSPS) is 20.1. The highest BCUT2D eigenvalue weighted by molar-refractivity contribution is 8.00. The Hall–Kier alpha value is -1.15. The van der Waals surface area contributed by atoms with Crippen LogP contribution in [0, 0.1) is 0 Å². The van der Waals surface area contributed by atoms with E-state index >= 15 is 0 Å². The molecule has 0 spiro atoms. The lowest BCUT2D eigenvalue weighted by Gasteiger charge is -2.26. The number of hydrogen-bond acceptors (Lipinski definition) is 6. The maximum absolute atomic E-state index is 12.3. The highest BCUT2D eigenvalue weighted by Gasteiger charge is 2.25. The van der Waals surface area contributed by atoms with E-state index < -0.39 is 0 Å². The third kappa shape index (κ3) is 4.67. The minimum atomic E-state index is -0.250.